The van der Waals surface area contributed by atoms with E-state index in [1.165, 1.54) is 19.2 Å². The molecule has 0 saturated carbocycles. The van der Waals surface area contributed by atoms with Crippen molar-refractivity contribution in [3.05, 3.63) is 65.2 Å². The van der Waals surface area contributed by atoms with Crippen molar-refractivity contribution in [2.75, 3.05) is 7.11 Å². The van der Waals surface area contributed by atoms with Crippen LogP contribution in [0.4, 0.5) is 4.39 Å². The maximum Gasteiger partial charge on any atom is 0.338 e. The minimum Gasteiger partial charge on any atom is -0.494 e. The molecule has 0 spiro atoms. The van der Waals surface area contributed by atoms with E-state index in [0.717, 1.165) is 17.1 Å². The van der Waals surface area contributed by atoms with Gasteiger partial charge in [0.25, 0.3) is 0 Å². The third kappa shape index (κ3) is 3.17. The molecule has 0 unspecified atom stereocenters. The van der Waals surface area contributed by atoms with Gasteiger partial charge >= 0.3 is 5.97 Å². The Morgan fingerprint density at radius 1 is 1.12 bits per heavy atom. The van der Waals surface area contributed by atoms with Gasteiger partial charge in [0.05, 0.1) is 35.1 Å². The average Bonchev–Trinajstić information content (AvgIpc) is 2.59. The quantitative estimate of drug-likeness (QED) is 0.687. The van der Waals surface area contributed by atoms with Gasteiger partial charge in [-0.2, -0.15) is 0 Å². The molecule has 0 aliphatic carbocycles. The molecule has 5 nitrogen and oxygen atoms in total. The lowest BCUT2D eigenvalue weighted by atomic mass is 10.2. The number of benzene rings is 2. The molecule has 1 aromatic heterocycles. The number of halogens is 1. The van der Waals surface area contributed by atoms with Gasteiger partial charge in [-0.05, 0) is 37.3 Å². The van der Waals surface area contributed by atoms with Crippen LogP contribution in [-0.2, 0) is 11.3 Å². The Bertz CT molecular complexity index is 912. The van der Waals surface area contributed by atoms with E-state index < -0.39 is 11.8 Å². The first-order valence-electron chi connectivity index (χ1n) is 7.31. The maximum atomic E-state index is 13.7. The summed E-state index contributed by atoms with van der Waals surface area (Å²) in [6.07, 6.45) is 0. The number of rotatable bonds is 4. The van der Waals surface area contributed by atoms with Gasteiger partial charge in [0.2, 0.25) is 0 Å². The minimum atomic E-state index is -0.633. The van der Waals surface area contributed by atoms with E-state index in [1.807, 2.05) is 24.3 Å². The van der Waals surface area contributed by atoms with E-state index in [9.17, 15) is 9.18 Å². The molecule has 1 heterocycles. The summed E-state index contributed by atoms with van der Waals surface area (Å²) < 4.78 is 23.7. The number of esters is 1. The molecule has 0 saturated heterocycles. The Kier molecular flexibility index (Phi) is 4.37. The highest BCUT2D eigenvalue weighted by Gasteiger charge is 2.13. The van der Waals surface area contributed by atoms with Crippen molar-refractivity contribution in [1.82, 2.24) is 9.97 Å². The lowest BCUT2D eigenvalue weighted by Gasteiger charge is -2.08. The second kappa shape index (κ2) is 6.62. The van der Waals surface area contributed by atoms with Gasteiger partial charge in [-0.1, -0.05) is 12.1 Å². The number of methoxy groups -OCH3 is 1. The first-order chi connectivity index (χ1) is 11.6. The fourth-order valence-corrected chi connectivity index (χ4v) is 2.27. The topological polar surface area (TPSA) is 61.3 Å². The minimum absolute atomic E-state index is 0.0316. The predicted molar refractivity (Wildman–Crippen MR) is 86.3 cm³/mol. The number of para-hydroxylation sites is 2. The highest BCUT2D eigenvalue weighted by molar-refractivity contribution is 5.89. The highest BCUT2D eigenvalue weighted by atomic mass is 19.1. The number of aryl methyl sites for hydroxylation is 1. The molecule has 0 aliphatic heterocycles. The Morgan fingerprint density at radius 3 is 2.50 bits per heavy atom. The smallest absolute Gasteiger partial charge is 0.338 e. The molecule has 0 radical (unpaired) electrons. The summed E-state index contributed by atoms with van der Waals surface area (Å²) in [5.74, 6) is -1.18. The van der Waals surface area contributed by atoms with Crippen molar-refractivity contribution in [3.8, 4) is 5.75 Å². The Hall–Kier alpha value is -3.02. The van der Waals surface area contributed by atoms with Crippen LogP contribution in [-0.4, -0.2) is 23.0 Å². The van der Waals surface area contributed by atoms with E-state index >= 15 is 0 Å². The lowest BCUT2D eigenvalue weighted by Crippen LogP contribution is -2.08. The standard InChI is InChI=1S/C18H15FN2O3/c1-11-16(21-15-6-4-3-5-14(15)20-11)10-24-18(22)12-7-8-17(23-2)13(19)9-12/h3-9H,10H2,1-2H3. The van der Waals surface area contributed by atoms with Crippen molar-refractivity contribution in [3.63, 3.8) is 0 Å². The summed E-state index contributed by atoms with van der Waals surface area (Å²) in [7, 11) is 1.36. The van der Waals surface area contributed by atoms with Crippen molar-refractivity contribution in [1.29, 1.82) is 0 Å². The molecular formula is C18H15FN2O3. The molecule has 0 atom stereocenters. The molecule has 3 aromatic rings. The summed E-state index contributed by atoms with van der Waals surface area (Å²) in [6, 6.07) is 11.4. The SMILES string of the molecule is COc1ccc(C(=O)OCc2nc3ccccc3nc2C)cc1F. The molecule has 6 heteroatoms. The van der Waals surface area contributed by atoms with E-state index in [-0.39, 0.29) is 17.9 Å². The van der Waals surface area contributed by atoms with Gasteiger partial charge in [-0.25, -0.2) is 19.2 Å². The number of ether oxygens (including phenoxy) is 2. The number of fused-ring (bicyclic) bond motifs is 1. The van der Waals surface area contributed by atoms with Gasteiger partial charge in [-0.15, -0.1) is 0 Å². The van der Waals surface area contributed by atoms with Gasteiger partial charge in [-0.3, -0.25) is 0 Å². The fourth-order valence-electron chi connectivity index (χ4n) is 2.27. The molecule has 24 heavy (non-hydrogen) atoms. The van der Waals surface area contributed by atoms with Crippen LogP contribution >= 0.6 is 0 Å². The van der Waals surface area contributed by atoms with Crippen LogP contribution in [0.3, 0.4) is 0 Å². The average molecular weight is 326 g/mol. The number of hydrogen-bond donors (Lipinski definition) is 0. The predicted octanol–water partition coefficient (Wildman–Crippen LogP) is 3.44. The fraction of sp³-hybridized carbons (Fsp3) is 0.167. The zero-order chi connectivity index (χ0) is 17.1. The molecule has 0 fully saturated rings. The van der Waals surface area contributed by atoms with Crippen molar-refractivity contribution < 1.29 is 18.7 Å². The summed E-state index contributed by atoms with van der Waals surface area (Å²) in [6.45, 7) is 1.77. The van der Waals surface area contributed by atoms with Crippen molar-refractivity contribution in [2.24, 2.45) is 0 Å². The van der Waals surface area contributed by atoms with Crippen LogP contribution in [0.5, 0.6) is 5.75 Å². The highest BCUT2D eigenvalue weighted by Crippen LogP contribution is 2.19. The van der Waals surface area contributed by atoms with Crippen molar-refractivity contribution in [2.45, 2.75) is 13.5 Å². The van der Waals surface area contributed by atoms with E-state index in [2.05, 4.69) is 9.97 Å². The molecule has 0 amide bonds. The van der Waals surface area contributed by atoms with Crippen molar-refractivity contribution >= 4 is 17.0 Å². The molecule has 122 valence electrons. The van der Waals surface area contributed by atoms with E-state index in [1.54, 1.807) is 6.92 Å². The number of nitrogens with zero attached hydrogens (tertiary/aromatic N) is 2. The molecule has 3 rings (SSSR count). The normalized spacial score (nSPS) is 10.6. The second-order valence-electron chi connectivity index (χ2n) is 5.17. The number of carbonyl (C=O) groups excluding carboxylic acids is 1. The van der Waals surface area contributed by atoms with Gasteiger partial charge in [0.1, 0.15) is 6.61 Å². The van der Waals surface area contributed by atoms with Crippen LogP contribution in [0, 0.1) is 12.7 Å². The van der Waals surface area contributed by atoms with Crippen LogP contribution in [0.15, 0.2) is 42.5 Å². The first-order valence-corrected chi connectivity index (χ1v) is 7.31. The van der Waals surface area contributed by atoms with E-state index in [4.69, 9.17) is 9.47 Å². The van der Waals surface area contributed by atoms with Gasteiger partial charge < -0.3 is 9.47 Å². The Morgan fingerprint density at radius 2 is 1.83 bits per heavy atom. The van der Waals surface area contributed by atoms with Gasteiger partial charge in [0, 0.05) is 0 Å². The molecule has 0 N–H and O–H groups in total. The molecular weight excluding hydrogens is 311 g/mol. The monoisotopic (exact) mass is 326 g/mol. The Balaban J connectivity index is 1.76. The third-order valence-corrected chi connectivity index (χ3v) is 3.57. The Labute approximate surface area is 138 Å². The van der Waals surface area contributed by atoms with Crippen LogP contribution in [0.25, 0.3) is 11.0 Å². The van der Waals surface area contributed by atoms with Gasteiger partial charge in [0.15, 0.2) is 11.6 Å². The summed E-state index contributed by atoms with van der Waals surface area (Å²) in [5.41, 5.74) is 2.87. The second-order valence-corrected chi connectivity index (χ2v) is 5.17. The number of hydrogen-bond acceptors (Lipinski definition) is 5. The van der Waals surface area contributed by atoms with Crippen LogP contribution < -0.4 is 4.74 Å². The third-order valence-electron chi connectivity index (χ3n) is 3.57. The largest absolute Gasteiger partial charge is 0.494 e. The lowest BCUT2D eigenvalue weighted by molar-refractivity contribution is 0.0466. The zero-order valence-corrected chi connectivity index (χ0v) is 13.2. The maximum absolute atomic E-state index is 13.7. The zero-order valence-electron chi connectivity index (χ0n) is 13.2. The first kappa shape index (κ1) is 15.9. The summed E-state index contributed by atoms with van der Waals surface area (Å²) >= 11 is 0. The summed E-state index contributed by atoms with van der Waals surface area (Å²) in [4.78, 5) is 21.0. The molecule has 0 bridgehead atoms. The number of carbonyl (C=O) groups is 1. The van der Waals surface area contributed by atoms with E-state index in [0.29, 0.717) is 11.4 Å². The van der Waals surface area contributed by atoms with Crippen LogP contribution in [0.1, 0.15) is 21.7 Å². The van der Waals surface area contributed by atoms with Crippen LogP contribution in [0.2, 0.25) is 0 Å². The molecule has 0 aliphatic rings. The summed E-state index contributed by atoms with van der Waals surface area (Å²) in [5, 5.41) is 0. The number of aromatic nitrogens is 2. The molecule has 2 aromatic carbocycles.